The first kappa shape index (κ1) is 28.7. The van der Waals surface area contributed by atoms with Crippen LogP contribution >= 0.6 is 11.3 Å². The number of ether oxygens (including phenoxy) is 1. The van der Waals surface area contributed by atoms with Crippen molar-refractivity contribution in [2.45, 2.75) is 17.9 Å². The normalized spacial score (nSPS) is 16.0. The quantitative estimate of drug-likeness (QED) is 0.278. The van der Waals surface area contributed by atoms with Gasteiger partial charge in [0.1, 0.15) is 18.5 Å². The number of aromatic nitrogens is 1. The number of hydrogen-bond donors (Lipinski definition) is 2. The van der Waals surface area contributed by atoms with E-state index in [4.69, 9.17) is 4.74 Å². The highest BCUT2D eigenvalue weighted by Gasteiger charge is 2.22. The van der Waals surface area contributed by atoms with Crippen molar-refractivity contribution in [1.82, 2.24) is 19.5 Å². The number of aryl methyl sites for hydroxylation is 1. The SMILES string of the molecule is Cc1nc2cc(OC[C@H](O)CN3CCN(CCNS(=O)(=O)c4cccc5c(N(C)C)cccc45)CC3)ccc2s1. The number of aliphatic hydroxyl groups is 1. The fourth-order valence-electron chi connectivity index (χ4n) is 5.16. The van der Waals surface area contributed by atoms with Gasteiger partial charge < -0.3 is 14.7 Å². The third kappa shape index (κ3) is 6.73. The van der Waals surface area contributed by atoms with Crippen LogP contribution in [0.4, 0.5) is 5.69 Å². The maximum atomic E-state index is 13.2. The van der Waals surface area contributed by atoms with Gasteiger partial charge in [-0.2, -0.15) is 0 Å². The number of benzene rings is 3. The number of fused-ring (bicyclic) bond motifs is 2. The second-order valence-electron chi connectivity index (χ2n) is 10.4. The summed E-state index contributed by atoms with van der Waals surface area (Å²) in [6, 6.07) is 17.0. The summed E-state index contributed by atoms with van der Waals surface area (Å²) in [6.45, 7) is 6.96. The summed E-state index contributed by atoms with van der Waals surface area (Å²) in [5.41, 5.74) is 1.90. The minimum atomic E-state index is -3.65. The number of nitrogens with zero attached hydrogens (tertiary/aromatic N) is 4. The molecule has 0 aliphatic carbocycles. The molecule has 1 aromatic heterocycles. The Morgan fingerprint density at radius 2 is 1.77 bits per heavy atom. The van der Waals surface area contributed by atoms with E-state index >= 15 is 0 Å². The van der Waals surface area contributed by atoms with Crippen LogP contribution in [0.3, 0.4) is 0 Å². The summed E-state index contributed by atoms with van der Waals surface area (Å²) in [5, 5.41) is 13.2. The minimum Gasteiger partial charge on any atom is -0.491 e. The summed E-state index contributed by atoms with van der Waals surface area (Å²) < 4.78 is 36.1. The van der Waals surface area contributed by atoms with Gasteiger partial charge in [-0.3, -0.25) is 9.80 Å². The monoisotopic (exact) mass is 583 g/mol. The van der Waals surface area contributed by atoms with E-state index in [0.29, 0.717) is 30.3 Å². The van der Waals surface area contributed by atoms with E-state index in [1.54, 1.807) is 23.5 Å². The predicted molar refractivity (Wildman–Crippen MR) is 162 cm³/mol. The molecule has 5 rings (SSSR count). The lowest BCUT2D eigenvalue weighted by Crippen LogP contribution is -2.50. The Bertz CT molecular complexity index is 1570. The van der Waals surface area contributed by atoms with Crippen LogP contribution in [0.25, 0.3) is 21.0 Å². The van der Waals surface area contributed by atoms with Gasteiger partial charge in [0.05, 0.1) is 20.1 Å². The van der Waals surface area contributed by atoms with Gasteiger partial charge in [0.2, 0.25) is 10.0 Å². The van der Waals surface area contributed by atoms with Crippen molar-refractivity contribution in [2.75, 3.05) is 71.4 Å². The van der Waals surface area contributed by atoms with Crippen LogP contribution in [0.2, 0.25) is 0 Å². The van der Waals surface area contributed by atoms with E-state index in [0.717, 1.165) is 57.9 Å². The molecule has 0 amide bonds. The molecule has 0 saturated carbocycles. The molecular weight excluding hydrogens is 546 g/mol. The highest BCUT2D eigenvalue weighted by Crippen LogP contribution is 2.30. The van der Waals surface area contributed by atoms with Crippen LogP contribution in [0.5, 0.6) is 5.75 Å². The molecule has 1 atom stereocenters. The molecule has 3 aromatic carbocycles. The second kappa shape index (κ2) is 12.4. The van der Waals surface area contributed by atoms with Crippen LogP contribution in [-0.2, 0) is 10.0 Å². The van der Waals surface area contributed by atoms with E-state index < -0.39 is 16.1 Å². The van der Waals surface area contributed by atoms with Crippen LogP contribution in [0.15, 0.2) is 59.5 Å². The molecular formula is C29H37N5O4S2. The lowest BCUT2D eigenvalue weighted by molar-refractivity contribution is 0.0465. The van der Waals surface area contributed by atoms with Gasteiger partial charge in [-0.25, -0.2) is 18.1 Å². The highest BCUT2D eigenvalue weighted by molar-refractivity contribution is 7.89. The van der Waals surface area contributed by atoms with Crippen LogP contribution in [0, 0.1) is 6.92 Å². The molecule has 214 valence electrons. The van der Waals surface area contributed by atoms with Gasteiger partial charge in [-0.05, 0) is 31.2 Å². The number of aliphatic hydroxyl groups excluding tert-OH is 1. The average molecular weight is 584 g/mol. The molecule has 11 heteroatoms. The molecule has 1 aliphatic rings. The molecule has 2 heterocycles. The Kier molecular flexibility index (Phi) is 8.89. The Morgan fingerprint density at radius 3 is 2.55 bits per heavy atom. The molecule has 1 fully saturated rings. The van der Waals surface area contributed by atoms with Crippen molar-refractivity contribution in [3.05, 3.63) is 59.6 Å². The fourth-order valence-corrected chi connectivity index (χ4v) is 7.20. The number of nitrogens with one attached hydrogen (secondary N) is 1. The van der Waals surface area contributed by atoms with Gasteiger partial charge in [-0.1, -0.05) is 24.3 Å². The zero-order valence-electron chi connectivity index (χ0n) is 23.2. The molecule has 40 heavy (non-hydrogen) atoms. The van der Waals surface area contributed by atoms with Crippen molar-refractivity contribution in [1.29, 1.82) is 0 Å². The van der Waals surface area contributed by atoms with Gasteiger partial charge >= 0.3 is 0 Å². The predicted octanol–water partition coefficient (Wildman–Crippen LogP) is 3.16. The van der Waals surface area contributed by atoms with Crippen LogP contribution < -0.4 is 14.4 Å². The van der Waals surface area contributed by atoms with Gasteiger partial charge in [0.15, 0.2) is 0 Å². The van der Waals surface area contributed by atoms with E-state index in [1.165, 1.54) is 0 Å². The minimum absolute atomic E-state index is 0.223. The van der Waals surface area contributed by atoms with Gasteiger partial charge in [-0.15, -0.1) is 11.3 Å². The lowest BCUT2D eigenvalue weighted by Gasteiger charge is -2.35. The Labute approximate surface area is 240 Å². The van der Waals surface area contributed by atoms with E-state index in [9.17, 15) is 13.5 Å². The molecule has 0 unspecified atom stereocenters. The van der Waals surface area contributed by atoms with Crippen LogP contribution in [-0.4, -0.2) is 101 Å². The van der Waals surface area contributed by atoms with Gasteiger partial charge in [0.25, 0.3) is 0 Å². The number of anilines is 1. The zero-order valence-corrected chi connectivity index (χ0v) is 24.8. The van der Waals surface area contributed by atoms with Crippen molar-refractivity contribution >= 4 is 48.0 Å². The van der Waals surface area contributed by atoms with E-state index in [2.05, 4.69) is 19.5 Å². The number of hydrogen-bond acceptors (Lipinski definition) is 9. The number of piperazine rings is 1. The average Bonchev–Trinajstić information content (AvgIpc) is 3.31. The lowest BCUT2D eigenvalue weighted by atomic mass is 10.1. The summed E-state index contributed by atoms with van der Waals surface area (Å²) in [4.78, 5) is 11.3. The molecule has 0 bridgehead atoms. The van der Waals surface area contributed by atoms with E-state index in [1.807, 2.05) is 68.4 Å². The molecule has 4 aromatic rings. The number of rotatable bonds is 11. The molecule has 1 aliphatic heterocycles. The fraction of sp³-hybridized carbons (Fsp3) is 0.414. The third-order valence-electron chi connectivity index (χ3n) is 7.19. The van der Waals surface area contributed by atoms with Crippen molar-refractivity contribution in [3.8, 4) is 5.75 Å². The Balaban J connectivity index is 1.06. The summed E-state index contributed by atoms with van der Waals surface area (Å²) in [5.74, 6) is 0.714. The topological polar surface area (TPSA) is 98.2 Å². The van der Waals surface area contributed by atoms with Gasteiger partial charge in [0, 0.05) is 82.4 Å². The molecule has 0 spiro atoms. The first-order chi connectivity index (χ1) is 19.2. The smallest absolute Gasteiger partial charge is 0.241 e. The van der Waals surface area contributed by atoms with Crippen molar-refractivity contribution in [3.63, 3.8) is 0 Å². The second-order valence-corrected chi connectivity index (χ2v) is 13.4. The molecule has 9 nitrogen and oxygen atoms in total. The number of thiazole rings is 1. The number of β-amino-alcohol motifs (C(OH)–C–C–N with tert-alkyl or cyclic N) is 1. The largest absolute Gasteiger partial charge is 0.491 e. The standard InChI is InChI=1S/C29H37N5O4S2/c1-21-31-26-18-23(10-11-28(26)39-21)38-20-22(35)19-34-16-14-33(15-17-34)13-12-30-40(36,37)29-9-5-6-24-25(29)7-4-8-27(24)32(2)3/h4-11,18,22,30,35H,12-17,19-20H2,1-3H3/t22-/m1/s1. The Hall–Kier alpha value is -2.80. The summed E-state index contributed by atoms with van der Waals surface area (Å²) in [6.07, 6.45) is -0.597. The summed E-state index contributed by atoms with van der Waals surface area (Å²) in [7, 11) is 0.251. The molecule has 1 saturated heterocycles. The van der Waals surface area contributed by atoms with Crippen LogP contribution in [0.1, 0.15) is 5.01 Å². The maximum Gasteiger partial charge on any atom is 0.241 e. The summed E-state index contributed by atoms with van der Waals surface area (Å²) >= 11 is 1.65. The zero-order chi connectivity index (χ0) is 28.3. The Morgan fingerprint density at radius 1 is 1.05 bits per heavy atom. The molecule has 2 N–H and O–H groups in total. The highest BCUT2D eigenvalue weighted by atomic mass is 32.2. The number of sulfonamides is 1. The van der Waals surface area contributed by atoms with Crippen molar-refractivity contribution in [2.24, 2.45) is 0 Å². The third-order valence-corrected chi connectivity index (χ3v) is 9.66. The van der Waals surface area contributed by atoms with E-state index in [-0.39, 0.29) is 6.61 Å². The molecule has 0 radical (unpaired) electrons. The maximum absolute atomic E-state index is 13.2. The first-order valence-corrected chi connectivity index (χ1v) is 15.8. The van der Waals surface area contributed by atoms with Crippen molar-refractivity contribution < 1.29 is 18.3 Å². The first-order valence-electron chi connectivity index (χ1n) is 13.5.